The van der Waals surface area contributed by atoms with Crippen LogP contribution in [0.3, 0.4) is 0 Å². The van der Waals surface area contributed by atoms with Crippen molar-refractivity contribution in [2.75, 3.05) is 7.05 Å². The number of hydrogen-bond acceptors (Lipinski definition) is 2. The lowest BCUT2D eigenvalue weighted by Gasteiger charge is -2.28. The van der Waals surface area contributed by atoms with Gasteiger partial charge in [0.05, 0.1) is 0 Å². The van der Waals surface area contributed by atoms with Crippen LogP contribution in [0.5, 0.6) is 0 Å². The first-order chi connectivity index (χ1) is 8.34. The molecule has 0 radical (unpaired) electrons. The van der Waals surface area contributed by atoms with Gasteiger partial charge in [0.15, 0.2) is 0 Å². The molecular weight excluding hydrogens is 224 g/mol. The molecular formula is C15H24N2O. The van der Waals surface area contributed by atoms with Crippen molar-refractivity contribution in [1.29, 1.82) is 0 Å². The molecule has 0 spiro atoms. The fourth-order valence-electron chi connectivity index (χ4n) is 1.50. The van der Waals surface area contributed by atoms with Gasteiger partial charge in [-0.1, -0.05) is 32.9 Å². The van der Waals surface area contributed by atoms with Gasteiger partial charge >= 0.3 is 0 Å². The monoisotopic (exact) mass is 248 g/mol. The Balaban J connectivity index is 2.57. The number of hydrogen-bond donors (Lipinski definition) is 2. The molecule has 1 atom stereocenters. The fraction of sp³-hybridized carbons (Fsp3) is 0.533. The highest BCUT2D eigenvalue weighted by Gasteiger charge is 2.18. The van der Waals surface area contributed by atoms with Gasteiger partial charge in [-0.3, -0.25) is 4.79 Å². The third kappa shape index (κ3) is 4.15. The van der Waals surface area contributed by atoms with Gasteiger partial charge in [0.25, 0.3) is 5.91 Å². The highest BCUT2D eigenvalue weighted by atomic mass is 16.1. The molecule has 0 heterocycles. The number of carbonyl (C=O) groups excluding carboxylic acids is 1. The molecule has 0 bridgehead atoms. The second-order valence-corrected chi connectivity index (χ2v) is 5.74. The summed E-state index contributed by atoms with van der Waals surface area (Å²) in [6, 6.07) is 8.14. The van der Waals surface area contributed by atoms with Crippen molar-refractivity contribution < 1.29 is 4.79 Å². The SMILES string of the molecule is CNC(=O)c1ccc(CNC(C)C(C)(C)C)cc1. The Labute approximate surface area is 110 Å². The van der Waals surface area contributed by atoms with E-state index in [1.807, 2.05) is 24.3 Å². The Morgan fingerprint density at radius 1 is 1.22 bits per heavy atom. The van der Waals surface area contributed by atoms with Crippen molar-refractivity contribution >= 4 is 5.91 Å². The van der Waals surface area contributed by atoms with Crippen LogP contribution in [0.1, 0.15) is 43.6 Å². The van der Waals surface area contributed by atoms with Gasteiger partial charge < -0.3 is 10.6 Å². The predicted octanol–water partition coefficient (Wildman–Crippen LogP) is 2.57. The topological polar surface area (TPSA) is 41.1 Å². The molecule has 3 nitrogen and oxygen atoms in total. The van der Waals surface area contributed by atoms with Gasteiger partial charge in [-0.25, -0.2) is 0 Å². The molecule has 1 amide bonds. The van der Waals surface area contributed by atoms with E-state index in [2.05, 4.69) is 38.3 Å². The van der Waals surface area contributed by atoms with E-state index in [1.165, 1.54) is 5.56 Å². The van der Waals surface area contributed by atoms with Crippen LogP contribution in [0.15, 0.2) is 24.3 Å². The van der Waals surface area contributed by atoms with Crippen LogP contribution in [0.2, 0.25) is 0 Å². The van der Waals surface area contributed by atoms with E-state index in [9.17, 15) is 4.79 Å². The Morgan fingerprint density at radius 3 is 2.22 bits per heavy atom. The van der Waals surface area contributed by atoms with E-state index in [0.717, 1.165) is 6.54 Å². The van der Waals surface area contributed by atoms with E-state index in [0.29, 0.717) is 11.6 Å². The summed E-state index contributed by atoms with van der Waals surface area (Å²) in [7, 11) is 1.64. The van der Waals surface area contributed by atoms with E-state index >= 15 is 0 Å². The minimum Gasteiger partial charge on any atom is -0.355 e. The van der Waals surface area contributed by atoms with Crippen LogP contribution in [0, 0.1) is 5.41 Å². The Kier molecular flexibility index (Phi) is 4.91. The average molecular weight is 248 g/mol. The summed E-state index contributed by atoms with van der Waals surface area (Å²) in [6.07, 6.45) is 0. The maximum Gasteiger partial charge on any atom is 0.251 e. The van der Waals surface area contributed by atoms with Crippen LogP contribution in [0.4, 0.5) is 0 Å². The second kappa shape index (κ2) is 6.01. The molecule has 100 valence electrons. The molecule has 3 heteroatoms. The van der Waals surface area contributed by atoms with Crippen LogP contribution in [-0.4, -0.2) is 19.0 Å². The molecule has 0 saturated carbocycles. The normalized spacial score (nSPS) is 13.2. The van der Waals surface area contributed by atoms with Crippen molar-refractivity contribution in [1.82, 2.24) is 10.6 Å². The Hall–Kier alpha value is -1.35. The van der Waals surface area contributed by atoms with E-state index in [1.54, 1.807) is 7.05 Å². The molecule has 1 aromatic carbocycles. The Morgan fingerprint density at radius 2 is 1.78 bits per heavy atom. The average Bonchev–Trinajstić information content (AvgIpc) is 2.34. The zero-order valence-electron chi connectivity index (χ0n) is 12.0. The van der Waals surface area contributed by atoms with Crippen molar-refractivity contribution in [2.45, 2.75) is 40.3 Å². The molecule has 0 aliphatic rings. The lowest BCUT2D eigenvalue weighted by Crippen LogP contribution is -2.37. The maximum absolute atomic E-state index is 11.4. The molecule has 2 N–H and O–H groups in total. The standard InChI is InChI=1S/C15H24N2O/c1-11(15(2,3)4)17-10-12-6-8-13(9-7-12)14(18)16-5/h6-9,11,17H,10H2,1-5H3,(H,16,18). The molecule has 0 aliphatic carbocycles. The molecule has 0 aromatic heterocycles. The van der Waals surface area contributed by atoms with Gasteiger partial charge in [0.1, 0.15) is 0 Å². The van der Waals surface area contributed by atoms with Crippen LogP contribution >= 0.6 is 0 Å². The highest BCUT2D eigenvalue weighted by molar-refractivity contribution is 5.93. The zero-order valence-corrected chi connectivity index (χ0v) is 12.0. The summed E-state index contributed by atoms with van der Waals surface area (Å²) >= 11 is 0. The maximum atomic E-state index is 11.4. The van der Waals surface area contributed by atoms with Crippen LogP contribution in [0.25, 0.3) is 0 Å². The number of nitrogens with one attached hydrogen (secondary N) is 2. The molecule has 0 aliphatic heterocycles. The van der Waals surface area contributed by atoms with Crippen molar-refractivity contribution in [3.05, 3.63) is 35.4 Å². The van der Waals surface area contributed by atoms with E-state index in [4.69, 9.17) is 0 Å². The third-order valence-electron chi connectivity index (χ3n) is 3.35. The summed E-state index contributed by atoms with van der Waals surface area (Å²) in [5.41, 5.74) is 2.14. The minimum atomic E-state index is -0.0439. The summed E-state index contributed by atoms with van der Waals surface area (Å²) in [5.74, 6) is -0.0439. The van der Waals surface area contributed by atoms with Gasteiger partial charge in [-0.05, 0) is 30.0 Å². The highest BCUT2D eigenvalue weighted by Crippen LogP contribution is 2.18. The van der Waals surface area contributed by atoms with Gasteiger partial charge in [0, 0.05) is 25.2 Å². The Bertz CT molecular complexity index is 390. The predicted molar refractivity (Wildman–Crippen MR) is 75.6 cm³/mol. The smallest absolute Gasteiger partial charge is 0.251 e. The summed E-state index contributed by atoms with van der Waals surface area (Å²) < 4.78 is 0. The molecule has 1 rings (SSSR count). The number of rotatable bonds is 4. The van der Waals surface area contributed by atoms with Crippen molar-refractivity contribution in [2.24, 2.45) is 5.41 Å². The largest absolute Gasteiger partial charge is 0.355 e. The summed E-state index contributed by atoms with van der Waals surface area (Å²) in [4.78, 5) is 11.4. The number of amides is 1. The summed E-state index contributed by atoms with van der Waals surface area (Å²) in [5, 5.41) is 6.12. The van der Waals surface area contributed by atoms with Crippen LogP contribution < -0.4 is 10.6 Å². The molecule has 18 heavy (non-hydrogen) atoms. The fourth-order valence-corrected chi connectivity index (χ4v) is 1.50. The molecule has 0 fully saturated rings. The number of carbonyl (C=O) groups is 1. The van der Waals surface area contributed by atoms with Gasteiger partial charge in [-0.15, -0.1) is 0 Å². The van der Waals surface area contributed by atoms with E-state index in [-0.39, 0.29) is 11.3 Å². The van der Waals surface area contributed by atoms with Gasteiger partial charge in [0.2, 0.25) is 0 Å². The van der Waals surface area contributed by atoms with Gasteiger partial charge in [-0.2, -0.15) is 0 Å². The minimum absolute atomic E-state index is 0.0439. The number of benzene rings is 1. The first kappa shape index (κ1) is 14.7. The molecule has 0 saturated heterocycles. The van der Waals surface area contributed by atoms with E-state index < -0.39 is 0 Å². The third-order valence-corrected chi connectivity index (χ3v) is 3.35. The van der Waals surface area contributed by atoms with Crippen molar-refractivity contribution in [3.63, 3.8) is 0 Å². The second-order valence-electron chi connectivity index (χ2n) is 5.74. The lowest BCUT2D eigenvalue weighted by molar-refractivity contribution is 0.0963. The molecule has 1 aromatic rings. The van der Waals surface area contributed by atoms with Crippen molar-refractivity contribution in [3.8, 4) is 0 Å². The first-order valence-corrected chi connectivity index (χ1v) is 6.39. The quantitative estimate of drug-likeness (QED) is 0.860. The summed E-state index contributed by atoms with van der Waals surface area (Å²) in [6.45, 7) is 9.68. The zero-order chi connectivity index (χ0) is 13.8. The first-order valence-electron chi connectivity index (χ1n) is 6.39. The van der Waals surface area contributed by atoms with Crippen LogP contribution in [-0.2, 0) is 6.54 Å². The molecule has 1 unspecified atom stereocenters. The lowest BCUT2D eigenvalue weighted by atomic mass is 9.88.